The molecule has 1 amide bonds. The summed E-state index contributed by atoms with van der Waals surface area (Å²) in [5.74, 6) is -6.30. The second-order valence-corrected chi connectivity index (χ2v) is 26.1. The van der Waals surface area contributed by atoms with Crippen molar-refractivity contribution < 1.29 is 76.2 Å². The predicted octanol–water partition coefficient (Wildman–Crippen LogP) is 10.9. The molecule has 3 aliphatic carbocycles. The average Bonchev–Trinajstić information content (AvgIpc) is 3.45. The lowest BCUT2D eigenvalue weighted by Gasteiger charge is -2.27. The van der Waals surface area contributed by atoms with E-state index in [9.17, 15) is 66.0 Å². The number of hydrogen-bond acceptors (Lipinski definition) is 10. The molecule has 0 aromatic heterocycles. The summed E-state index contributed by atoms with van der Waals surface area (Å²) in [6.07, 6.45) is 7.53. The van der Waals surface area contributed by atoms with Crippen LogP contribution in [0.25, 0.3) is 33.4 Å². The maximum Gasteiger partial charge on any atom is 0.306 e. The summed E-state index contributed by atoms with van der Waals surface area (Å²) in [5.41, 5.74) is 7.51. The Labute approximate surface area is 482 Å². The van der Waals surface area contributed by atoms with Gasteiger partial charge < -0.3 is 21.3 Å². The number of hydrogen-bond donors (Lipinski definition) is 6. The molecular formula is C58H61ClF6N4O11S3. The van der Waals surface area contributed by atoms with Crippen LogP contribution in [-0.4, -0.2) is 78.5 Å². The van der Waals surface area contributed by atoms with Crippen LogP contribution in [0.15, 0.2) is 142 Å². The highest BCUT2D eigenvalue weighted by Crippen LogP contribution is 2.31. The first-order chi connectivity index (χ1) is 39.1. The lowest BCUT2D eigenvalue weighted by molar-refractivity contribution is -0.143. The lowest BCUT2D eigenvalue weighted by atomic mass is 9.86. The fourth-order valence-electron chi connectivity index (χ4n) is 9.67. The molecule has 83 heavy (non-hydrogen) atoms. The van der Waals surface area contributed by atoms with Crippen molar-refractivity contribution in [3.8, 4) is 33.4 Å². The van der Waals surface area contributed by atoms with Gasteiger partial charge in [-0.15, -0.1) is 0 Å². The molecule has 3 fully saturated rings. The van der Waals surface area contributed by atoms with Gasteiger partial charge in [-0.3, -0.25) is 14.4 Å². The second-order valence-electron chi connectivity index (χ2n) is 20.1. The van der Waals surface area contributed by atoms with Gasteiger partial charge in [0, 0.05) is 76.7 Å². The summed E-state index contributed by atoms with van der Waals surface area (Å²) in [6, 6.07) is 26.2. The standard InChI is InChI=1S/C20H22F2N2O3S.C19H19F2NO4S.C12H7ClF2O2S.C7H13NO2/c1-23-20(25)14-2-7-16(8-3-14)24-28(26,27)17-9-4-13(5-10-17)18-11-6-15(21)12-19(18)22;20-14-5-10-17(18(21)11-14)12-3-8-16(9-4-12)27(25,26)22-15-6-1-13(2-7-15)19(23)24;13-18(16,17)10-4-1-8(2-5-10)11-6-3-9(14)7-12(11)15;8-6-3-1-5(2-4-6)7(9)10/h4-6,9-12,14,16,24H,2-3,7-8H2,1H3,(H,23,25);3-5,8-11,13,15,22H,1-2,6-7H2,(H,23,24);1-7H;5-6H,1-4,8H2,(H,9,10). The van der Waals surface area contributed by atoms with E-state index in [1.165, 1.54) is 91.0 Å². The number of aliphatic carboxylic acids is 2. The molecule has 0 unspecified atom stereocenters. The van der Waals surface area contributed by atoms with E-state index < -0.39 is 81.9 Å². The number of carboxylic acids is 2. The number of rotatable bonds is 13. The van der Waals surface area contributed by atoms with E-state index in [0.717, 1.165) is 62.1 Å². The highest BCUT2D eigenvalue weighted by atomic mass is 35.7. The third-order valence-electron chi connectivity index (χ3n) is 14.4. The zero-order valence-electron chi connectivity index (χ0n) is 44.6. The Morgan fingerprint density at radius 2 is 0.735 bits per heavy atom. The van der Waals surface area contributed by atoms with Gasteiger partial charge >= 0.3 is 11.9 Å². The van der Waals surface area contributed by atoms with Gasteiger partial charge in [0.05, 0.1) is 26.5 Å². The Balaban J connectivity index is 0.000000188. The molecular weight excluding hydrogens is 1170 g/mol. The molecule has 25 heteroatoms. The smallest absolute Gasteiger partial charge is 0.306 e. The van der Waals surface area contributed by atoms with Crippen molar-refractivity contribution in [2.45, 2.75) is 110 Å². The van der Waals surface area contributed by atoms with Gasteiger partial charge in [0.15, 0.2) is 0 Å². The zero-order chi connectivity index (χ0) is 60.8. The normalized spacial score (nSPS) is 19.9. The number of amides is 1. The number of sulfonamides is 2. The largest absolute Gasteiger partial charge is 0.481 e. The Hall–Kier alpha value is -6.67. The van der Waals surface area contributed by atoms with E-state index in [1.807, 2.05) is 0 Å². The van der Waals surface area contributed by atoms with Crippen LogP contribution in [0.1, 0.15) is 77.0 Å². The van der Waals surface area contributed by atoms with Gasteiger partial charge in [-0.05, 0) is 167 Å². The molecule has 9 rings (SSSR count). The first kappa shape index (κ1) is 65.5. The number of carbonyl (C=O) groups is 3. The summed E-state index contributed by atoms with van der Waals surface area (Å²) in [4.78, 5) is 33.1. The SMILES string of the molecule is CNC(=O)C1CCC(NS(=O)(=O)c2ccc(-c3ccc(F)cc3F)cc2)CC1.NC1CCC(C(=O)O)CC1.O=C(O)C1CCC(NS(=O)(=O)c2ccc(-c3ccc(F)cc3F)cc2)CC1.O=S(=O)(Cl)c1ccc(-c2ccc(F)cc2F)cc1. The zero-order valence-corrected chi connectivity index (χ0v) is 47.8. The van der Waals surface area contributed by atoms with Crippen molar-refractivity contribution in [2.24, 2.45) is 23.5 Å². The van der Waals surface area contributed by atoms with Crippen LogP contribution < -0.4 is 20.5 Å². The molecule has 6 aromatic rings. The van der Waals surface area contributed by atoms with Crippen molar-refractivity contribution in [2.75, 3.05) is 7.05 Å². The molecule has 6 aromatic carbocycles. The van der Waals surface area contributed by atoms with Crippen LogP contribution in [0.5, 0.6) is 0 Å². The summed E-state index contributed by atoms with van der Waals surface area (Å²) >= 11 is 0. The number of carboxylic acid groups (broad SMARTS) is 2. The van der Waals surface area contributed by atoms with Crippen molar-refractivity contribution in [1.82, 2.24) is 14.8 Å². The van der Waals surface area contributed by atoms with Crippen LogP contribution in [0, 0.1) is 52.7 Å². The van der Waals surface area contributed by atoms with Gasteiger partial charge in [0.25, 0.3) is 9.05 Å². The van der Waals surface area contributed by atoms with Crippen molar-refractivity contribution in [3.05, 3.63) is 162 Å². The third-order valence-corrected chi connectivity index (χ3v) is 18.8. The Morgan fingerprint density at radius 1 is 0.446 bits per heavy atom. The Morgan fingerprint density at radius 3 is 1.01 bits per heavy atom. The average molecular weight is 1240 g/mol. The highest BCUT2D eigenvalue weighted by Gasteiger charge is 2.31. The van der Waals surface area contributed by atoms with Crippen molar-refractivity contribution >= 4 is 57.6 Å². The monoisotopic (exact) mass is 1230 g/mol. The topological polar surface area (TPSA) is 256 Å². The number of halogens is 7. The van der Waals surface area contributed by atoms with Crippen LogP contribution in [0.2, 0.25) is 0 Å². The van der Waals surface area contributed by atoms with Crippen LogP contribution >= 0.6 is 10.7 Å². The van der Waals surface area contributed by atoms with E-state index in [2.05, 4.69) is 14.8 Å². The molecule has 0 saturated heterocycles. The molecule has 3 saturated carbocycles. The lowest BCUT2D eigenvalue weighted by Crippen LogP contribution is -2.40. The maximum absolute atomic E-state index is 13.9. The third kappa shape index (κ3) is 18.9. The first-order valence-electron chi connectivity index (χ1n) is 26.2. The van der Waals surface area contributed by atoms with E-state index in [-0.39, 0.29) is 67.2 Å². The molecule has 446 valence electrons. The summed E-state index contributed by atoms with van der Waals surface area (Å²) in [7, 11) is -4.53. The van der Waals surface area contributed by atoms with Gasteiger partial charge in [0.1, 0.15) is 34.9 Å². The first-order valence-corrected chi connectivity index (χ1v) is 31.5. The fourth-order valence-corrected chi connectivity index (χ4v) is 13.1. The molecule has 3 aliphatic rings. The summed E-state index contributed by atoms with van der Waals surface area (Å²) < 4.78 is 158. The number of nitrogens with one attached hydrogen (secondary N) is 3. The number of nitrogens with two attached hydrogens (primary N) is 1. The van der Waals surface area contributed by atoms with Gasteiger partial charge in [-0.2, -0.15) is 0 Å². The van der Waals surface area contributed by atoms with Crippen molar-refractivity contribution in [3.63, 3.8) is 0 Å². The minimum absolute atomic E-state index is 0.00933. The Kier molecular flexibility index (Phi) is 23.1. The second kappa shape index (κ2) is 29.2. The molecule has 15 nitrogen and oxygen atoms in total. The van der Waals surface area contributed by atoms with Crippen LogP contribution in [0.4, 0.5) is 26.3 Å². The van der Waals surface area contributed by atoms with E-state index in [1.54, 1.807) is 7.05 Å². The predicted molar refractivity (Wildman–Crippen MR) is 300 cm³/mol. The fraction of sp³-hybridized carbons (Fsp3) is 0.328. The minimum atomic E-state index is -3.80. The van der Waals surface area contributed by atoms with E-state index in [0.29, 0.717) is 68.1 Å². The number of benzene rings is 6. The highest BCUT2D eigenvalue weighted by molar-refractivity contribution is 8.13. The maximum atomic E-state index is 13.9. The van der Waals surface area contributed by atoms with E-state index in [4.69, 9.17) is 26.6 Å². The van der Waals surface area contributed by atoms with Crippen LogP contribution in [0.3, 0.4) is 0 Å². The summed E-state index contributed by atoms with van der Waals surface area (Å²) in [5, 5.41) is 20.2. The molecule has 0 bridgehead atoms. The molecule has 0 radical (unpaired) electrons. The van der Waals surface area contributed by atoms with Gasteiger partial charge in [0.2, 0.25) is 26.0 Å². The molecule has 0 atom stereocenters. The van der Waals surface area contributed by atoms with Crippen LogP contribution in [-0.2, 0) is 43.5 Å². The molecule has 0 spiro atoms. The van der Waals surface area contributed by atoms with Gasteiger partial charge in [-0.1, -0.05) is 36.4 Å². The number of carbonyl (C=O) groups excluding carboxylic acids is 1. The van der Waals surface area contributed by atoms with Gasteiger partial charge in [-0.25, -0.2) is 61.0 Å². The van der Waals surface area contributed by atoms with E-state index >= 15 is 0 Å². The minimum Gasteiger partial charge on any atom is -0.481 e. The molecule has 7 N–H and O–H groups in total. The molecule has 0 heterocycles. The quantitative estimate of drug-likeness (QED) is 0.0466. The van der Waals surface area contributed by atoms with Crippen molar-refractivity contribution in [1.29, 1.82) is 0 Å². The summed E-state index contributed by atoms with van der Waals surface area (Å²) in [6.45, 7) is 0. The molecule has 0 aliphatic heterocycles. The Bertz CT molecular complexity index is 3570.